The summed E-state index contributed by atoms with van der Waals surface area (Å²) in [5.41, 5.74) is 7.36. The number of rotatable bonds is 4. The van der Waals surface area contributed by atoms with Gasteiger partial charge in [0.25, 0.3) is 0 Å². The minimum absolute atomic E-state index is 0.0416. The first-order chi connectivity index (χ1) is 7.59. The van der Waals surface area contributed by atoms with Crippen molar-refractivity contribution < 1.29 is 4.74 Å². The number of hydrogen-bond acceptors (Lipinski definition) is 3. The molecule has 1 heterocycles. The van der Waals surface area contributed by atoms with Gasteiger partial charge in [0.05, 0.1) is 7.11 Å². The number of benzene rings is 1. The Balaban J connectivity index is 1.77. The Morgan fingerprint density at radius 1 is 1.31 bits per heavy atom. The summed E-state index contributed by atoms with van der Waals surface area (Å²) >= 11 is 0. The fraction of sp³-hybridized carbons (Fsp3) is 0.538. The van der Waals surface area contributed by atoms with Crippen LogP contribution in [0.4, 0.5) is 0 Å². The molecule has 0 saturated carbocycles. The van der Waals surface area contributed by atoms with Crippen LogP contribution in [-0.2, 0) is 6.42 Å². The van der Waals surface area contributed by atoms with Crippen LogP contribution in [0.1, 0.15) is 12.5 Å². The lowest BCUT2D eigenvalue weighted by atomic mass is 9.93. The van der Waals surface area contributed by atoms with E-state index < -0.39 is 0 Å². The van der Waals surface area contributed by atoms with Gasteiger partial charge in [-0.05, 0) is 31.0 Å². The summed E-state index contributed by atoms with van der Waals surface area (Å²) < 4.78 is 5.13. The van der Waals surface area contributed by atoms with Crippen LogP contribution in [0.3, 0.4) is 0 Å². The first-order valence-electron chi connectivity index (χ1n) is 5.73. The van der Waals surface area contributed by atoms with Crippen LogP contribution in [-0.4, -0.2) is 37.2 Å². The summed E-state index contributed by atoms with van der Waals surface area (Å²) in [5.74, 6) is 0.919. The van der Waals surface area contributed by atoms with Gasteiger partial charge in [-0.2, -0.15) is 0 Å². The first-order valence-corrected chi connectivity index (χ1v) is 5.73. The van der Waals surface area contributed by atoms with Crippen LogP contribution in [0.5, 0.6) is 5.75 Å². The lowest BCUT2D eigenvalue weighted by Crippen LogP contribution is -2.65. The summed E-state index contributed by atoms with van der Waals surface area (Å²) in [5, 5.41) is 0. The molecule has 3 heteroatoms. The predicted octanol–water partition coefficient (Wildman–Crippen LogP) is 1.27. The van der Waals surface area contributed by atoms with Gasteiger partial charge in [-0.25, -0.2) is 0 Å². The lowest BCUT2D eigenvalue weighted by molar-refractivity contribution is 0.0855. The van der Waals surface area contributed by atoms with E-state index in [-0.39, 0.29) is 5.54 Å². The van der Waals surface area contributed by atoms with E-state index in [1.165, 1.54) is 5.56 Å². The molecular formula is C13H20N2O. The second kappa shape index (κ2) is 4.44. The van der Waals surface area contributed by atoms with Crippen molar-refractivity contribution in [2.75, 3.05) is 26.7 Å². The summed E-state index contributed by atoms with van der Waals surface area (Å²) in [4.78, 5) is 2.39. The summed E-state index contributed by atoms with van der Waals surface area (Å²) in [7, 11) is 1.69. The molecule has 0 unspecified atom stereocenters. The molecule has 1 aliphatic heterocycles. The van der Waals surface area contributed by atoms with Crippen molar-refractivity contribution in [3.8, 4) is 5.75 Å². The van der Waals surface area contributed by atoms with Crippen LogP contribution in [0.25, 0.3) is 0 Å². The van der Waals surface area contributed by atoms with E-state index >= 15 is 0 Å². The number of methoxy groups -OCH3 is 1. The van der Waals surface area contributed by atoms with Crippen LogP contribution in [0.2, 0.25) is 0 Å². The SMILES string of the molecule is COc1ccc(CCN2CC(C)(N)C2)cc1. The van der Waals surface area contributed by atoms with Crippen molar-refractivity contribution in [1.29, 1.82) is 0 Å². The van der Waals surface area contributed by atoms with Gasteiger partial charge < -0.3 is 10.5 Å². The molecule has 0 aliphatic carbocycles. The average Bonchev–Trinajstić information content (AvgIpc) is 2.24. The van der Waals surface area contributed by atoms with E-state index in [4.69, 9.17) is 10.5 Å². The minimum Gasteiger partial charge on any atom is -0.497 e. The van der Waals surface area contributed by atoms with Gasteiger partial charge in [-0.1, -0.05) is 12.1 Å². The van der Waals surface area contributed by atoms with Gasteiger partial charge in [0, 0.05) is 25.2 Å². The Labute approximate surface area is 97.2 Å². The summed E-state index contributed by atoms with van der Waals surface area (Å²) in [6.45, 7) is 5.24. The molecule has 0 atom stereocenters. The van der Waals surface area contributed by atoms with Crippen molar-refractivity contribution in [3.05, 3.63) is 29.8 Å². The van der Waals surface area contributed by atoms with Crippen molar-refractivity contribution >= 4 is 0 Å². The molecule has 1 saturated heterocycles. The van der Waals surface area contributed by atoms with Crippen molar-refractivity contribution in [2.45, 2.75) is 18.9 Å². The largest absolute Gasteiger partial charge is 0.497 e. The van der Waals surface area contributed by atoms with Gasteiger partial charge in [-0.15, -0.1) is 0 Å². The minimum atomic E-state index is 0.0416. The van der Waals surface area contributed by atoms with Crippen LogP contribution < -0.4 is 10.5 Å². The molecule has 0 radical (unpaired) electrons. The molecule has 3 nitrogen and oxygen atoms in total. The Bertz CT molecular complexity index is 337. The zero-order chi connectivity index (χ0) is 11.6. The van der Waals surface area contributed by atoms with Gasteiger partial charge in [0.15, 0.2) is 0 Å². The molecule has 0 aromatic heterocycles. The van der Waals surface area contributed by atoms with Crippen molar-refractivity contribution in [2.24, 2.45) is 5.73 Å². The van der Waals surface area contributed by atoms with E-state index in [0.29, 0.717) is 0 Å². The third kappa shape index (κ3) is 2.74. The van der Waals surface area contributed by atoms with E-state index in [1.807, 2.05) is 12.1 Å². The Hall–Kier alpha value is -1.06. The highest BCUT2D eigenvalue weighted by Crippen LogP contribution is 2.18. The maximum atomic E-state index is 5.96. The Morgan fingerprint density at radius 3 is 2.44 bits per heavy atom. The van der Waals surface area contributed by atoms with E-state index in [2.05, 4.69) is 24.0 Å². The average molecular weight is 220 g/mol. The first kappa shape index (κ1) is 11.4. The molecule has 1 aromatic carbocycles. The fourth-order valence-corrected chi connectivity index (χ4v) is 2.21. The summed E-state index contributed by atoms with van der Waals surface area (Å²) in [6, 6.07) is 8.28. The zero-order valence-electron chi connectivity index (χ0n) is 10.1. The van der Waals surface area contributed by atoms with Crippen molar-refractivity contribution in [3.63, 3.8) is 0 Å². The maximum Gasteiger partial charge on any atom is 0.118 e. The van der Waals surface area contributed by atoms with Crippen LogP contribution in [0.15, 0.2) is 24.3 Å². The highest BCUT2D eigenvalue weighted by atomic mass is 16.5. The number of ether oxygens (including phenoxy) is 1. The van der Waals surface area contributed by atoms with E-state index in [9.17, 15) is 0 Å². The summed E-state index contributed by atoms with van der Waals surface area (Å²) in [6.07, 6.45) is 1.08. The van der Waals surface area contributed by atoms with E-state index in [0.717, 1.165) is 31.8 Å². The highest BCUT2D eigenvalue weighted by molar-refractivity contribution is 5.27. The fourth-order valence-electron chi connectivity index (χ4n) is 2.21. The second-order valence-corrected chi connectivity index (χ2v) is 4.96. The van der Waals surface area contributed by atoms with Crippen LogP contribution in [0, 0.1) is 0 Å². The monoisotopic (exact) mass is 220 g/mol. The molecule has 2 rings (SSSR count). The number of likely N-dealkylation sites (tertiary alicyclic amines) is 1. The highest BCUT2D eigenvalue weighted by Gasteiger charge is 2.33. The van der Waals surface area contributed by atoms with Gasteiger partial charge in [0.1, 0.15) is 5.75 Å². The molecule has 1 aliphatic rings. The number of nitrogens with two attached hydrogens (primary N) is 1. The normalized spacial score (nSPS) is 19.2. The molecule has 1 fully saturated rings. The molecule has 0 bridgehead atoms. The molecule has 88 valence electrons. The predicted molar refractivity (Wildman–Crippen MR) is 65.7 cm³/mol. The number of hydrogen-bond donors (Lipinski definition) is 1. The topological polar surface area (TPSA) is 38.5 Å². The maximum absolute atomic E-state index is 5.96. The van der Waals surface area contributed by atoms with Gasteiger partial charge in [0.2, 0.25) is 0 Å². The quantitative estimate of drug-likeness (QED) is 0.830. The van der Waals surface area contributed by atoms with Gasteiger partial charge >= 0.3 is 0 Å². The number of nitrogens with zero attached hydrogens (tertiary/aromatic N) is 1. The molecule has 2 N–H and O–H groups in total. The molecule has 0 amide bonds. The van der Waals surface area contributed by atoms with Gasteiger partial charge in [-0.3, -0.25) is 4.90 Å². The van der Waals surface area contributed by atoms with Crippen LogP contribution >= 0.6 is 0 Å². The molecule has 0 spiro atoms. The third-order valence-corrected chi connectivity index (χ3v) is 3.05. The molecule has 1 aromatic rings. The van der Waals surface area contributed by atoms with Crippen molar-refractivity contribution in [1.82, 2.24) is 4.90 Å². The Morgan fingerprint density at radius 2 is 1.94 bits per heavy atom. The smallest absolute Gasteiger partial charge is 0.118 e. The lowest BCUT2D eigenvalue weighted by Gasteiger charge is -2.45. The molecular weight excluding hydrogens is 200 g/mol. The standard InChI is InChI=1S/C13H20N2O/c1-13(14)9-15(10-13)8-7-11-3-5-12(16-2)6-4-11/h3-6H,7-10,14H2,1-2H3. The zero-order valence-corrected chi connectivity index (χ0v) is 10.1. The molecule has 16 heavy (non-hydrogen) atoms. The van der Waals surface area contributed by atoms with E-state index in [1.54, 1.807) is 7.11 Å². The second-order valence-electron chi connectivity index (χ2n) is 4.96. The third-order valence-electron chi connectivity index (χ3n) is 3.05. The Kier molecular flexibility index (Phi) is 3.17.